The Balaban J connectivity index is 2.02. The SMILES string of the molecule is Clc1cccc(Cl)c1C1CCNCC1c1cccc(Br)c1. The van der Waals surface area contributed by atoms with Crippen LogP contribution in [0.5, 0.6) is 0 Å². The second-order valence-corrected chi connectivity index (χ2v) is 7.13. The maximum absolute atomic E-state index is 6.43. The van der Waals surface area contributed by atoms with Gasteiger partial charge in [0, 0.05) is 27.0 Å². The molecule has 2 aromatic rings. The van der Waals surface area contributed by atoms with Crippen LogP contribution in [0.2, 0.25) is 10.0 Å². The van der Waals surface area contributed by atoms with Crippen molar-refractivity contribution in [2.75, 3.05) is 13.1 Å². The van der Waals surface area contributed by atoms with Gasteiger partial charge < -0.3 is 5.32 Å². The standard InChI is InChI=1S/C17H16BrCl2N/c18-12-4-1-3-11(9-12)14-10-21-8-7-13(14)17-15(19)5-2-6-16(17)20/h1-6,9,13-14,21H,7-8,10H2. The fourth-order valence-corrected chi connectivity index (χ4v) is 4.25. The molecule has 2 atom stereocenters. The van der Waals surface area contributed by atoms with E-state index in [0.717, 1.165) is 39.6 Å². The molecule has 1 heterocycles. The van der Waals surface area contributed by atoms with Crippen molar-refractivity contribution in [1.82, 2.24) is 5.32 Å². The third-order valence-electron chi connectivity index (χ3n) is 4.13. The molecule has 0 radical (unpaired) electrons. The Bertz CT molecular complexity index is 624. The fourth-order valence-electron chi connectivity index (χ4n) is 3.16. The minimum atomic E-state index is 0.349. The van der Waals surface area contributed by atoms with Crippen LogP contribution in [0.3, 0.4) is 0 Å². The highest BCUT2D eigenvalue weighted by Gasteiger charge is 2.30. The van der Waals surface area contributed by atoms with E-state index in [1.807, 2.05) is 18.2 Å². The van der Waals surface area contributed by atoms with Crippen molar-refractivity contribution in [1.29, 1.82) is 0 Å². The Morgan fingerprint density at radius 2 is 1.71 bits per heavy atom. The first-order valence-electron chi connectivity index (χ1n) is 7.07. The number of hydrogen-bond donors (Lipinski definition) is 1. The highest BCUT2D eigenvalue weighted by Crippen LogP contribution is 2.43. The van der Waals surface area contributed by atoms with Gasteiger partial charge in [-0.25, -0.2) is 0 Å². The zero-order chi connectivity index (χ0) is 14.8. The van der Waals surface area contributed by atoms with Crippen LogP contribution in [-0.2, 0) is 0 Å². The summed E-state index contributed by atoms with van der Waals surface area (Å²) < 4.78 is 1.11. The first kappa shape index (κ1) is 15.4. The van der Waals surface area contributed by atoms with Crippen LogP contribution < -0.4 is 5.32 Å². The molecule has 0 saturated carbocycles. The van der Waals surface area contributed by atoms with E-state index in [4.69, 9.17) is 23.2 Å². The predicted molar refractivity (Wildman–Crippen MR) is 93.6 cm³/mol. The molecule has 4 heteroatoms. The zero-order valence-electron chi connectivity index (χ0n) is 11.5. The van der Waals surface area contributed by atoms with E-state index in [1.165, 1.54) is 5.56 Å². The summed E-state index contributed by atoms with van der Waals surface area (Å²) in [7, 11) is 0. The van der Waals surface area contributed by atoms with Gasteiger partial charge in [0.2, 0.25) is 0 Å². The third-order valence-corrected chi connectivity index (χ3v) is 5.28. The van der Waals surface area contributed by atoms with Crippen molar-refractivity contribution in [3.63, 3.8) is 0 Å². The van der Waals surface area contributed by atoms with E-state index in [1.54, 1.807) is 0 Å². The van der Waals surface area contributed by atoms with E-state index in [2.05, 4.69) is 45.5 Å². The Morgan fingerprint density at radius 3 is 2.43 bits per heavy atom. The summed E-state index contributed by atoms with van der Waals surface area (Å²) in [4.78, 5) is 0. The van der Waals surface area contributed by atoms with Gasteiger partial charge in [0.25, 0.3) is 0 Å². The lowest BCUT2D eigenvalue weighted by Gasteiger charge is -2.34. The number of benzene rings is 2. The average molecular weight is 385 g/mol. The van der Waals surface area contributed by atoms with Crippen LogP contribution in [-0.4, -0.2) is 13.1 Å². The highest BCUT2D eigenvalue weighted by atomic mass is 79.9. The molecule has 21 heavy (non-hydrogen) atoms. The third kappa shape index (κ3) is 3.29. The Morgan fingerprint density at radius 1 is 1.00 bits per heavy atom. The number of rotatable bonds is 2. The summed E-state index contributed by atoms with van der Waals surface area (Å²) in [5, 5.41) is 5.04. The van der Waals surface area contributed by atoms with Crippen LogP contribution in [0.4, 0.5) is 0 Å². The molecule has 110 valence electrons. The summed E-state index contributed by atoms with van der Waals surface area (Å²) in [6.07, 6.45) is 1.04. The molecule has 0 aliphatic carbocycles. The number of halogens is 3. The molecule has 1 saturated heterocycles. The van der Waals surface area contributed by atoms with Gasteiger partial charge in [-0.15, -0.1) is 0 Å². The molecule has 1 N–H and O–H groups in total. The summed E-state index contributed by atoms with van der Waals surface area (Å²) in [5.41, 5.74) is 2.41. The van der Waals surface area contributed by atoms with Crippen molar-refractivity contribution < 1.29 is 0 Å². The van der Waals surface area contributed by atoms with Crippen molar-refractivity contribution in [3.8, 4) is 0 Å². The van der Waals surface area contributed by atoms with Gasteiger partial charge in [-0.1, -0.05) is 57.3 Å². The average Bonchev–Trinajstić information content (AvgIpc) is 2.47. The van der Waals surface area contributed by atoms with E-state index in [-0.39, 0.29) is 0 Å². The maximum Gasteiger partial charge on any atom is 0.0455 e. The summed E-state index contributed by atoms with van der Waals surface area (Å²) in [5.74, 6) is 0.732. The molecule has 3 rings (SSSR count). The molecule has 1 aliphatic heterocycles. The van der Waals surface area contributed by atoms with Gasteiger partial charge in [0.1, 0.15) is 0 Å². The smallest absolute Gasteiger partial charge is 0.0455 e. The van der Waals surface area contributed by atoms with Crippen molar-refractivity contribution >= 4 is 39.1 Å². The zero-order valence-corrected chi connectivity index (χ0v) is 14.5. The van der Waals surface area contributed by atoms with Crippen LogP contribution in [0.25, 0.3) is 0 Å². The molecular formula is C17H16BrCl2N. The molecule has 2 aromatic carbocycles. The van der Waals surface area contributed by atoms with Crippen LogP contribution in [0.1, 0.15) is 29.4 Å². The van der Waals surface area contributed by atoms with Crippen LogP contribution >= 0.6 is 39.1 Å². The van der Waals surface area contributed by atoms with Gasteiger partial charge in [-0.05, 0) is 54.3 Å². The molecule has 1 nitrogen and oxygen atoms in total. The van der Waals surface area contributed by atoms with Crippen LogP contribution in [0.15, 0.2) is 46.9 Å². The first-order chi connectivity index (χ1) is 10.2. The summed E-state index contributed by atoms with van der Waals surface area (Å²) in [6, 6.07) is 14.3. The van der Waals surface area contributed by atoms with E-state index < -0.39 is 0 Å². The topological polar surface area (TPSA) is 12.0 Å². The Hall–Kier alpha value is -0.540. The van der Waals surface area contributed by atoms with E-state index >= 15 is 0 Å². The van der Waals surface area contributed by atoms with Crippen molar-refractivity contribution in [2.45, 2.75) is 18.3 Å². The van der Waals surface area contributed by atoms with Gasteiger partial charge in [0.05, 0.1) is 0 Å². The molecule has 2 unspecified atom stereocenters. The maximum atomic E-state index is 6.43. The van der Waals surface area contributed by atoms with Crippen molar-refractivity contribution in [2.24, 2.45) is 0 Å². The first-order valence-corrected chi connectivity index (χ1v) is 8.62. The fraction of sp³-hybridized carbons (Fsp3) is 0.294. The largest absolute Gasteiger partial charge is 0.316 e. The van der Waals surface area contributed by atoms with Crippen LogP contribution in [0, 0.1) is 0 Å². The minimum Gasteiger partial charge on any atom is -0.316 e. The lowest BCUT2D eigenvalue weighted by molar-refractivity contribution is 0.404. The van der Waals surface area contributed by atoms with E-state index in [9.17, 15) is 0 Å². The molecular weight excluding hydrogens is 369 g/mol. The lowest BCUT2D eigenvalue weighted by atomic mass is 9.77. The highest BCUT2D eigenvalue weighted by molar-refractivity contribution is 9.10. The molecule has 1 fully saturated rings. The van der Waals surface area contributed by atoms with E-state index in [0.29, 0.717) is 11.8 Å². The molecule has 0 bridgehead atoms. The number of nitrogens with one attached hydrogen (secondary N) is 1. The number of piperidine rings is 1. The van der Waals surface area contributed by atoms with Crippen molar-refractivity contribution in [3.05, 3.63) is 68.1 Å². The Kier molecular flexibility index (Phi) is 4.90. The normalized spacial score (nSPS) is 22.2. The summed E-state index contributed by atoms with van der Waals surface area (Å²) >= 11 is 16.4. The Labute approximate surface area is 143 Å². The van der Waals surface area contributed by atoms with Gasteiger partial charge in [0.15, 0.2) is 0 Å². The lowest BCUT2D eigenvalue weighted by Crippen LogP contribution is -2.34. The number of hydrogen-bond acceptors (Lipinski definition) is 1. The summed E-state index contributed by atoms with van der Waals surface area (Å²) in [6.45, 7) is 1.94. The van der Waals surface area contributed by atoms with Gasteiger partial charge in [-0.3, -0.25) is 0 Å². The second kappa shape index (κ2) is 6.70. The van der Waals surface area contributed by atoms with Gasteiger partial charge in [-0.2, -0.15) is 0 Å². The second-order valence-electron chi connectivity index (χ2n) is 5.40. The predicted octanol–water partition coefficient (Wildman–Crippen LogP) is 5.62. The molecule has 0 spiro atoms. The minimum absolute atomic E-state index is 0.349. The quantitative estimate of drug-likeness (QED) is 0.708. The monoisotopic (exact) mass is 383 g/mol. The molecule has 0 amide bonds. The molecule has 0 aromatic heterocycles. The molecule has 1 aliphatic rings. The van der Waals surface area contributed by atoms with Gasteiger partial charge >= 0.3 is 0 Å².